The van der Waals surface area contributed by atoms with E-state index in [0.717, 1.165) is 24.1 Å². The number of hydrogen-bond donors (Lipinski definition) is 2. The number of hydrogen-bond acceptors (Lipinski definition) is 2. The lowest BCUT2D eigenvalue weighted by atomic mass is 9.88. The van der Waals surface area contributed by atoms with Crippen molar-refractivity contribution in [2.24, 2.45) is 5.92 Å². The lowest BCUT2D eigenvalue weighted by molar-refractivity contribution is 0.0949. The Balaban J connectivity index is 2.26. The standard InChI is InChI=1S/C11H17N3O/c1-3-12-11(15)10-8-6-7(2)4-5-9(8)13-14-10/h7H,3-6H2,1-2H3,(H,12,15)(H,13,14)/t7-/m0/s1. The molecule has 1 aromatic rings. The van der Waals surface area contributed by atoms with Crippen LogP contribution in [0.5, 0.6) is 0 Å². The van der Waals surface area contributed by atoms with E-state index in [1.807, 2.05) is 6.92 Å². The van der Waals surface area contributed by atoms with Crippen LogP contribution in [0.1, 0.15) is 42.0 Å². The highest BCUT2D eigenvalue weighted by molar-refractivity contribution is 5.94. The first-order valence-corrected chi connectivity index (χ1v) is 5.56. The number of aryl methyl sites for hydroxylation is 1. The summed E-state index contributed by atoms with van der Waals surface area (Å²) in [6.07, 6.45) is 3.17. The number of aromatic nitrogens is 2. The number of fused-ring (bicyclic) bond motifs is 1. The summed E-state index contributed by atoms with van der Waals surface area (Å²) in [6.45, 7) is 4.78. The number of nitrogens with zero attached hydrogens (tertiary/aromatic N) is 1. The lowest BCUT2D eigenvalue weighted by Gasteiger charge is -2.17. The average Bonchev–Trinajstić information content (AvgIpc) is 2.60. The molecule has 0 unspecified atom stereocenters. The van der Waals surface area contributed by atoms with Crippen molar-refractivity contribution in [3.05, 3.63) is 17.0 Å². The molecular weight excluding hydrogens is 190 g/mol. The van der Waals surface area contributed by atoms with Gasteiger partial charge < -0.3 is 5.32 Å². The van der Waals surface area contributed by atoms with E-state index in [1.165, 1.54) is 6.42 Å². The van der Waals surface area contributed by atoms with Gasteiger partial charge in [0.15, 0.2) is 5.69 Å². The van der Waals surface area contributed by atoms with Crippen molar-refractivity contribution in [2.75, 3.05) is 6.54 Å². The minimum atomic E-state index is -0.0518. The van der Waals surface area contributed by atoms with Gasteiger partial charge >= 0.3 is 0 Å². The first-order valence-electron chi connectivity index (χ1n) is 5.56. The Morgan fingerprint density at radius 1 is 1.67 bits per heavy atom. The summed E-state index contributed by atoms with van der Waals surface area (Å²) in [5, 5.41) is 9.88. The van der Waals surface area contributed by atoms with Gasteiger partial charge in [0.25, 0.3) is 5.91 Å². The van der Waals surface area contributed by atoms with Crippen molar-refractivity contribution in [3.8, 4) is 0 Å². The molecule has 0 bridgehead atoms. The van der Waals surface area contributed by atoms with E-state index in [9.17, 15) is 4.79 Å². The van der Waals surface area contributed by atoms with Gasteiger partial charge in [-0.1, -0.05) is 6.92 Å². The summed E-state index contributed by atoms with van der Waals surface area (Å²) in [4.78, 5) is 11.7. The third kappa shape index (κ3) is 1.89. The van der Waals surface area contributed by atoms with Gasteiger partial charge in [0, 0.05) is 17.8 Å². The van der Waals surface area contributed by atoms with Crippen molar-refractivity contribution >= 4 is 5.91 Å². The molecule has 0 fully saturated rings. The average molecular weight is 207 g/mol. The largest absolute Gasteiger partial charge is 0.351 e. The second-order valence-electron chi connectivity index (χ2n) is 4.24. The van der Waals surface area contributed by atoms with Gasteiger partial charge in [0.1, 0.15) is 0 Å². The highest BCUT2D eigenvalue weighted by Crippen LogP contribution is 2.25. The zero-order valence-electron chi connectivity index (χ0n) is 9.26. The first kappa shape index (κ1) is 10.2. The molecule has 1 amide bonds. The molecule has 0 saturated carbocycles. The van der Waals surface area contributed by atoms with E-state index in [0.29, 0.717) is 18.2 Å². The van der Waals surface area contributed by atoms with Gasteiger partial charge in [-0.15, -0.1) is 0 Å². The molecule has 1 aliphatic rings. The van der Waals surface area contributed by atoms with Crippen molar-refractivity contribution < 1.29 is 4.79 Å². The van der Waals surface area contributed by atoms with Gasteiger partial charge in [-0.3, -0.25) is 9.89 Å². The fourth-order valence-electron chi connectivity index (χ4n) is 2.10. The van der Waals surface area contributed by atoms with Gasteiger partial charge in [-0.05, 0) is 32.1 Å². The molecule has 0 spiro atoms. The van der Waals surface area contributed by atoms with E-state index >= 15 is 0 Å². The summed E-state index contributed by atoms with van der Waals surface area (Å²) >= 11 is 0. The van der Waals surface area contributed by atoms with E-state index < -0.39 is 0 Å². The van der Waals surface area contributed by atoms with Crippen LogP contribution < -0.4 is 5.32 Å². The highest BCUT2D eigenvalue weighted by atomic mass is 16.1. The Kier molecular flexibility index (Phi) is 2.75. The predicted molar refractivity (Wildman–Crippen MR) is 57.8 cm³/mol. The Morgan fingerprint density at radius 2 is 2.47 bits per heavy atom. The summed E-state index contributed by atoms with van der Waals surface area (Å²) in [6, 6.07) is 0. The van der Waals surface area contributed by atoms with E-state index in [2.05, 4.69) is 22.4 Å². The maximum absolute atomic E-state index is 11.7. The molecule has 1 aliphatic carbocycles. The SMILES string of the molecule is CCNC(=O)c1n[nH]c2c1C[C@@H](C)CC2. The molecule has 0 radical (unpaired) electrons. The summed E-state index contributed by atoms with van der Waals surface area (Å²) in [5.74, 6) is 0.604. The maximum atomic E-state index is 11.7. The molecule has 1 heterocycles. The molecule has 4 heteroatoms. The molecule has 0 saturated heterocycles. The number of rotatable bonds is 2. The van der Waals surface area contributed by atoms with Crippen LogP contribution in [-0.2, 0) is 12.8 Å². The molecule has 4 nitrogen and oxygen atoms in total. The lowest BCUT2D eigenvalue weighted by Crippen LogP contribution is -2.25. The van der Waals surface area contributed by atoms with Gasteiger partial charge in [-0.25, -0.2) is 0 Å². The van der Waals surface area contributed by atoms with Crippen LogP contribution in [0.15, 0.2) is 0 Å². The molecule has 2 N–H and O–H groups in total. The minimum absolute atomic E-state index is 0.0518. The molecule has 2 rings (SSSR count). The number of carbonyl (C=O) groups is 1. The number of carbonyl (C=O) groups excluding carboxylic acids is 1. The third-order valence-corrected chi connectivity index (χ3v) is 2.94. The second-order valence-corrected chi connectivity index (χ2v) is 4.24. The number of H-pyrrole nitrogens is 1. The summed E-state index contributed by atoms with van der Waals surface area (Å²) in [7, 11) is 0. The second kappa shape index (κ2) is 4.04. The van der Waals surface area contributed by atoms with Crippen molar-refractivity contribution in [1.29, 1.82) is 0 Å². The fraction of sp³-hybridized carbons (Fsp3) is 0.636. The van der Waals surface area contributed by atoms with Crippen LogP contribution in [0, 0.1) is 5.92 Å². The van der Waals surface area contributed by atoms with E-state index in [4.69, 9.17) is 0 Å². The molecule has 15 heavy (non-hydrogen) atoms. The first-order chi connectivity index (χ1) is 7.22. The van der Waals surface area contributed by atoms with Gasteiger partial charge in [0.2, 0.25) is 0 Å². The zero-order valence-corrected chi connectivity index (χ0v) is 9.26. The van der Waals surface area contributed by atoms with Crippen molar-refractivity contribution in [3.63, 3.8) is 0 Å². The fourth-order valence-corrected chi connectivity index (χ4v) is 2.10. The monoisotopic (exact) mass is 207 g/mol. The number of aromatic amines is 1. The number of nitrogens with one attached hydrogen (secondary N) is 2. The predicted octanol–water partition coefficient (Wildman–Crippen LogP) is 1.28. The molecule has 1 aromatic heterocycles. The Bertz CT molecular complexity index is 370. The molecule has 0 aliphatic heterocycles. The quantitative estimate of drug-likeness (QED) is 0.767. The normalized spacial score (nSPS) is 19.7. The topological polar surface area (TPSA) is 57.8 Å². The van der Waals surface area contributed by atoms with Gasteiger partial charge in [0.05, 0.1) is 0 Å². The van der Waals surface area contributed by atoms with Crippen LogP contribution in [0.25, 0.3) is 0 Å². The number of amides is 1. The zero-order chi connectivity index (χ0) is 10.8. The molecule has 0 aromatic carbocycles. The van der Waals surface area contributed by atoms with Crippen LogP contribution >= 0.6 is 0 Å². The van der Waals surface area contributed by atoms with Crippen LogP contribution in [-0.4, -0.2) is 22.6 Å². The van der Waals surface area contributed by atoms with Gasteiger partial charge in [-0.2, -0.15) is 5.10 Å². The smallest absolute Gasteiger partial charge is 0.272 e. The maximum Gasteiger partial charge on any atom is 0.272 e. The molecule has 1 atom stereocenters. The summed E-state index contributed by atoms with van der Waals surface area (Å²) in [5.41, 5.74) is 2.87. The van der Waals surface area contributed by atoms with Crippen LogP contribution in [0.2, 0.25) is 0 Å². The Hall–Kier alpha value is -1.32. The Morgan fingerprint density at radius 3 is 3.20 bits per heavy atom. The Labute approximate surface area is 89.5 Å². The summed E-state index contributed by atoms with van der Waals surface area (Å²) < 4.78 is 0. The van der Waals surface area contributed by atoms with Crippen molar-refractivity contribution in [2.45, 2.75) is 33.1 Å². The van der Waals surface area contributed by atoms with Crippen molar-refractivity contribution in [1.82, 2.24) is 15.5 Å². The molecular formula is C11H17N3O. The van der Waals surface area contributed by atoms with E-state index in [1.54, 1.807) is 0 Å². The molecule has 82 valence electrons. The van der Waals surface area contributed by atoms with Crippen LogP contribution in [0.3, 0.4) is 0 Å². The van der Waals surface area contributed by atoms with E-state index in [-0.39, 0.29) is 5.91 Å². The minimum Gasteiger partial charge on any atom is -0.351 e. The van der Waals surface area contributed by atoms with Crippen LogP contribution in [0.4, 0.5) is 0 Å². The highest BCUT2D eigenvalue weighted by Gasteiger charge is 2.24. The third-order valence-electron chi connectivity index (χ3n) is 2.94.